The van der Waals surface area contributed by atoms with E-state index in [1.54, 1.807) is 4.90 Å². The summed E-state index contributed by atoms with van der Waals surface area (Å²) in [6.45, 7) is 7.23. The zero-order valence-corrected chi connectivity index (χ0v) is 12.7. The number of amides is 1. The van der Waals surface area contributed by atoms with E-state index in [0.29, 0.717) is 23.2 Å². The lowest BCUT2D eigenvalue weighted by Gasteiger charge is -2.41. The van der Waals surface area contributed by atoms with E-state index in [0.717, 1.165) is 6.54 Å². The minimum atomic E-state index is -0.476. The van der Waals surface area contributed by atoms with Crippen LogP contribution in [0.1, 0.15) is 30.6 Å². The second-order valence-corrected chi connectivity index (χ2v) is 6.29. The van der Waals surface area contributed by atoms with Crippen LogP contribution in [0.15, 0.2) is 0 Å². The van der Waals surface area contributed by atoms with Gasteiger partial charge in [-0.25, -0.2) is 0 Å². The number of rotatable bonds is 4. The maximum atomic E-state index is 12.4. The molecule has 1 saturated heterocycles. The molecule has 1 unspecified atom stereocenters. The molecule has 0 aliphatic carbocycles. The van der Waals surface area contributed by atoms with Crippen LogP contribution in [-0.2, 0) is 4.74 Å². The summed E-state index contributed by atoms with van der Waals surface area (Å²) < 4.78 is 5.69. The lowest BCUT2D eigenvalue weighted by atomic mass is 10.1. The van der Waals surface area contributed by atoms with Crippen molar-refractivity contribution < 1.29 is 14.6 Å². The Morgan fingerprint density at radius 2 is 2.35 bits per heavy atom. The van der Waals surface area contributed by atoms with E-state index in [2.05, 4.69) is 15.5 Å². The summed E-state index contributed by atoms with van der Waals surface area (Å²) in [6, 6.07) is 0. The Hall–Kier alpha value is -1.25. The van der Waals surface area contributed by atoms with Crippen LogP contribution in [0.3, 0.4) is 0 Å². The molecule has 20 heavy (non-hydrogen) atoms. The lowest BCUT2D eigenvalue weighted by Crippen LogP contribution is -2.55. The van der Waals surface area contributed by atoms with Gasteiger partial charge < -0.3 is 20.1 Å². The average Bonchev–Trinajstić information content (AvgIpc) is 2.85. The molecule has 0 spiro atoms. The first-order valence-corrected chi connectivity index (χ1v) is 7.42. The molecule has 1 aliphatic heterocycles. The summed E-state index contributed by atoms with van der Waals surface area (Å²) in [7, 11) is 0. The second kappa shape index (κ2) is 6.02. The minimum absolute atomic E-state index is 0.105. The molecule has 2 N–H and O–H groups in total. The van der Waals surface area contributed by atoms with Crippen molar-refractivity contribution in [3.8, 4) is 0 Å². The van der Waals surface area contributed by atoms with Gasteiger partial charge in [0, 0.05) is 19.6 Å². The van der Waals surface area contributed by atoms with Gasteiger partial charge in [0.05, 0.1) is 18.3 Å². The number of carbonyl (C=O) groups is 1. The van der Waals surface area contributed by atoms with Crippen molar-refractivity contribution in [2.45, 2.75) is 32.5 Å². The first-order chi connectivity index (χ1) is 9.45. The zero-order chi connectivity index (χ0) is 14.8. The number of aromatic nitrogens is 2. The smallest absolute Gasteiger partial charge is 0.285 e. The quantitative estimate of drug-likeness (QED) is 0.846. The highest BCUT2D eigenvalue weighted by Gasteiger charge is 2.36. The molecule has 0 bridgehead atoms. The van der Waals surface area contributed by atoms with Crippen molar-refractivity contribution in [3.63, 3.8) is 0 Å². The second-order valence-electron chi connectivity index (χ2n) is 5.31. The molecule has 8 heteroatoms. The van der Waals surface area contributed by atoms with E-state index < -0.39 is 5.60 Å². The molecule has 7 nitrogen and oxygen atoms in total. The summed E-state index contributed by atoms with van der Waals surface area (Å²) in [5.74, 6) is -0.165. The number of ether oxygens (including phenoxy) is 1. The van der Waals surface area contributed by atoms with Crippen molar-refractivity contribution in [1.29, 1.82) is 0 Å². The number of aliphatic hydroxyl groups excluding tert-OH is 1. The van der Waals surface area contributed by atoms with E-state index in [1.807, 2.05) is 20.8 Å². The molecule has 2 heterocycles. The summed E-state index contributed by atoms with van der Waals surface area (Å²) in [5.41, 5.74) is -0.476. The van der Waals surface area contributed by atoms with Crippen LogP contribution in [0.25, 0.3) is 0 Å². The third-order valence-corrected chi connectivity index (χ3v) is 3.78. The molecule has 0 saturated carbocycles. The van der Waals surface area contributed by atoms with Crippen LogP contribution >= 0.6 is 11.3 Å². The van der Waals surface area contributed by atoms with Gasteiger partial charge in [0.2, 0.25) is 10.1 Å². The average molecular weight is 300 g/mol. The highest BCUT2D eigenvalue weighted by molar-refractivity contribution is 7.17. The van der Waals surface area contributed by atoms with E-state index >= 15 is 0 Å². The molecule has 2 rings (SSSR count). The highest BCUT2D eigenvalue weighted by atomic mass is 32.1. The number of anilines is 1. The molecule has 0 radical (unpaired) electrons. The predicted octanol–water partition coefficient (Wildman–Crippen LogP) is 0.582. The summed E-state index contributed by atoms with van der Waals surface area (Å²) in [6.07, 6.45) is -0.358. The third kappa shape index (κ3) is 3.44. The Morgan fingerprint density at radius 1 is 1.60 bits per heavy atom. The molecule has 0 aromatic carbocycles. The van der Waals surface area contributed by atoms with Crippen molar-refractivity contribution >= 4 is 22.4 Å². The fourth-order valence-corrected chi connectivity index (χ4v) is 2.99. The molecular formula is C12H20N4O3S. The van der Waals surface area contributed by atoms with Gasteiger partial charge in [-0.2, -0.15) is 0 Å². The third-order valence-electron chi connectivity index (χ3n) is 2.91. The molecule has 1 aromatic heterocycles. The highest BCUT2D eigenvalue weighted by Crippen LogP contribution is 2.24. The van der Waals surface area contributed by atoms with Gasteiger partial charge in [-0.1, -0.05) is 11.3 Å². The maximum Gasteiger partial charge on any atom is 0.285 e. The Kier molecular flexibility index (Phi) is 4.56. The Balaban J connectivity index is 2.10. The summed E-state index contributed by atoms with van der Waals surface area (Å²) >= 11 is 1.24. The monoisotopic (exact) mass is 300 g/mol. The Bertz CT molecular complexity index is 477. The molecular weight excluding hydrogens is 280 g/mol. The molecule has 1 amide bonds. The van der Waals surface area contributed by atoms with E-state index in [9.17, 15) is 9.90 Å². The van der Waals surface area contributed by atoms with Gasteiger partial charge in [-0.05, 0) is 20.8 Å². The standard InChI is InChI=1S/C12H20N4O3S/c1-4-13-11-15-14-9(20-11)10(18)16-5-8(6-17)19-12(2,3)7-16/h8,17H,4-7H2,1-3H3,(H,13,15). The van der Waals surface area contributed by atoms with Crippen LogP contribution in [0.2, 0.25) is 0 Å². The largest absolute Gasteiger partial charge is 0.394 e. The SMILES string of the molecule is CCNc1nnc(C(=O)N2CC(CO)OC(C)(C)C2)s1. The number of hydrogen-bond donors (Lipinski definition) is 2. The van der Waals surface area contributed by atoms with E-state index in [-0.39, 0.29) is 18.6 Å². The Labute approximate surface area is 122 Å². The van der Waals surface area contributed by atoms with Gasteiger partial charge in [-0.3, -0.25) is 4.79 Å². The van der Waals surface area contributed by atoms with Crippen molar-refractivity contribution in [2.75, 3.05) is 31.6 Å². The van der Waals surface area contributed by atoms with Gasteiger partial charge in [0.25, 0.3) is 5.91 Å². The van der Waals surface area contributed by atoms with Crippen LogP contribution in [0, 0.1) is 0 Å². The minimum Gasteiger partial charge on any atom is -0.394 e. The Morgan fingerprint density at radius 3 is 3.00 bits per heavy atom. The van der Waals surface area contributed by atoms with Crippen LogP contribution < -0.4 is 5.32 Å². The van der Waals surface area contributed by atoms with E-state index in [4.69, 9.17) is 4.74 Å². The van der Waals surface area contributed by atoms with Crippen molar-refractivity contribution in [2.24, 2.45) is 0 Å². The number of carbonyl (C=O) groups excluding carboxylic acids is 1. The summed E-state index contributed by atoms with van der Waals surface area (Å²) in [4.78, 5) is 14.1. The topological polar surface area (TPSA) is 87.6 Å². The number of hydrogen-bond acceptors (Lipinski definition) is 7. The zero-order valence-electron chi connectivity index (χ0n) is 11.9. The summed E-state index contributed by atoms with van der Waals surface area (Å²) in [5, 5.41) is 21.1. The number of morpholine rings is 1. The first kappa shape index (κ1) is 15.1. The van der Waals surface area contributed by atoms with Crippen LogP contribution in [-0.4, -0.2) is 64.1 Å². The predicted molar refractivity (Wildman–Crippen MR) is 76.0 cm³/mol. The van der Waals surface area contributed by atoms with Crippen molar-refractivity contribution in [1.82, 2.24) is 15.1 Å². The van der Waals surface area contributed by atoms with E-state index in [1.165, 1.54) is 11.3 Å². The van der Waals surface area contributed by atoms with Crippen LogP contribution in [0.4, 0.5) is 5.13 Å². The van der Waals surface area contributed by atoms with Gasteiger partial charge in [0.1, 0.15) is 0 Å². The van der Waals surface area contributed by atoms with Gasteiger partial charge in [0.15, 0.2) is 0 Å². The normalized spacial score (nSPS) is 21.8. The number of aliphatic hydroxyl groups is 1. The lowest BCUT2D eigenvalue weighted by molar-refractivity contribution is -0.139. The molecule has 1 fully saturated rings. The van der Waals surface area contributed by atoms with Crippen LogP contribution in [0.5, 0.6) is 0 Å². The van der Waals surface area contributed by atoms with Gasteiger partial charge in [-0.15, -0.1) is 10.2 Å². The fourth-order valence-electron chi connectivity index (χ4n) is 2.21. The van der Waals surface area contributed by atoms with Gasteiger partial charge >= 0.3 is 0 Å². The fraction of sp³-hybridized carbons (Fsp3) is 0.750. The van der Waals surface area contributed by atoms with Crippen molar-refractivity contribution in [3.05, 3.63) is 5.01 Å². The molecule has 1 aliphatic rings. The molecule has 112 valence electrons. The molecule has 1 atom stereocenters. The number of nitrogens with one attached hydrogen (secondary N) is 1. The first-order valence-electron chi connectivity index (χ1n) is 6.60. The molecule has 1 aromatic rings. The number of nitrogens with zero attached hydrogens (tertiary/aromatic N) is 3. The maximum absolute atomic E-state index is 12.4.